The summed E-state index contributed by atoms with van der Waals surface area (Å²) in [5, 5.41) is 2.71. The number of alkyl halides is 3. The van der Waals surface area contributed by atoms with Gasteiger partial charge in [0.05, 0.1) is 16.3 Å². The summed E-state index contributed by atoms with van der Waals surface area (Å²) in [6.07, 6.45) is -4.17. The molecule has 8 heteroatoms. The van der Waals surface area contributed by atoms with Gasteiger partial charge in [-0.1, -0.05) is 6.07 Å². The van der Waals surface area contributed by atoms with Crippen molar-refractivity contribution in [3.8, 4) is 0 Å². The van der Waals surface area contributed by atoms with Gasteiger partial charge in [0.15, 0.2) is 9.84 Å². The monoisotopic (exact) mass is 296 g/mol. The van der Waals surface area contributed by atoms with Crippen LogP contribution in [0.3, 0.4) is 0 Å². The number of nitrogens with two attached hydrogens (primary N) is 1. The molecule has 4 nitrogen and oxygen atoms in total. The highest BCUT2D eigenvalue weighted by Crippen LogP contribution is 2.27. The van der Waals surface area contributed by atoms with E-state index in [-0.39, 0.29) is 23.5 Å². The highest BCUT2D eigenvalue weighted by Gasteiger charge is 2.25. The lowest BCUT2D eigenvalue weighted by Crippen LogP contribution is -2.12. The number of para-hydroxylation sites is 1. The van der Waals surface area contributed by atoms with Gasteiger partial charge in [-0.15, -0.1) is 0 Å². The molecule has 0 aromatic heterocycles. The molecule has 0 aliphatic carbocycles. The molecule has 0 spiro atoms. The molecule has 108 valence electrons. The third-order valence-electron chi connectivity index (χ3n) is 2.42. The van der Waals surface area contributed by atoms with Crippen LogP contribution in [0, 0.1) is 0 Å². The Morgan fingerprint density at radius 3 is 2.47 bits per heavy atom. The third-order valence-corrected chi connectivity index (χ3v) is 3.57. The van der Waals surface area contributed by atoms with E-state index in [9.17, 15) is 21.6 Å². The molecule has 0 heterocycles. The maximum absolute atomic E-state index is 11.9. The first kappa shape index (κ1) is 15.6. The van der Waals surface area contributed by atoms with E-state index in [4.69, 9.17) is 5.73 Å². The molecule has 0 aliphatic heterocycles. The van der Waals surface area contributed by atoms with Crippen molar-refractivity contribution in [1.82, 2.24) is 0 Å². The van der Waals surface area contributed by atoms with Crippen LogP contribution < -0.4 is 11.1 Å². The quantitative estimate of drug-likeness (QED) is 0.646. The van der Waals surface area contributed by atoms with Crippen molar-refractivity contribution in [1.29, 1.82) is 0 Å². The molecule has 1 aromatic carbocycles. The molecule has 1 rings (SSSR count). The zero-order chi connectivity index (χ0) is 14.7. The van der Waals surface area contributed by atoms with E-state index < -0.39 is 22.4 Å². The van der Waals surface area contributed by atoms with Crippen molar-refractivity contribution in [2.24, 2.45) is 0 Å². The lowest BCUT2D eigenvalue weighted by molar-refractivity contribution is -0.134. The van der Waals surface area contributed by atoms with Crippen LogP contribution in [-0.2, 0) is 9.84 Å². The number of nitrogens with one attached hydrogen (secondary N) is 1. The second-order valence-electron chi connectivity index (χ2n) is 4.14. The van der Waals surface area contributed by atoms with Crippen molar-refractivity contribution in [3.63, 3.8) is 0 Å². The molecule has 0 saturated heterocycles. The number of hydrogen-bond donors (Lipinski definition) is 2. The van der Waals surface area contributed by atoms with Crippen molar-refractivity contribution in [2.45, 2.75) is 23.9 Å². The minimum atomic E-state index is -4.19. The van der Waals surface area contributed by atoms with Crippen molar-refractivity contribution in [2.75, 3.05) is 23.9 Å². The summed E-state index contributed by atoms with van der Waals surface area (Å²) in [7, 11) is -3.45. The van der Waals surface area contributed by atoms with Crippen molar-refractivity contribution >= 4 is 21.2 Å². The van der Waals surface area contributed by atoms with Crippen LogP contribution in [0.4, 0.5) is 24.5 Å². The predicted molar refractivity (Wildman–Crippen MR) is 67.7 cm³/mol. The van der Waals surface area contributed by atoms with Crippen LogP contribution in [0.5, 0.6) is 0 Å². The highest BCUT2D eigenvalue weighted by atomic mass is 32.2. The molecule has 0 bridgehead atoms. The van der Waals surface area contributed by atoms with Gasteiger partial charge in [-0.3, -0.25) is 0 Å². The molecule has 0 radical (unpaired) electrons. The number of hydrogen-bond acceptors (Lipinski definition) is 4. The Morgan fingerprint density at radius 1 is 1.32 bits per heavy atom. The molecule has 0 fully saturated rings. The van der Waals surface area contributed by atoms with E-state index in [0.717, 1.165) is 6.26 Å². The van der Waals surface area contributed by atoms with E-state index in [1.807, 2.05) is 0 Å². The Kier molecular flexibility index (Phi) is 4.67. The van der Waals surface area contributed by atoms with E-state index in [0.29, 0.717) is 5.69 Å². The Balaban J connectivity index is 2.71. The van der Waals surface area contributed by atoms with E-state index >= 15 is 0 Å². The Morgan fingerprint density at radius 2 is 1.95 bits per heavy atom. The normalized spacial score (nSPS) is 12.4. The molecule has 0 atom stereocenters. The first-order chi connectivity index (χ1) is 8.61. The Bertz CT molecular complexity index is 541. The zero-order valence-corrected chi connectivity index (χ0v) is 11.1. The standard InChI is InChI=1S/C11H15F3N2O2S/c1-19(17,18)9-5-2-4-8(10(9)15)16-7-3-6-11(12,13)14/h2,4-5,16H,3,6-7,15H2,1H3. The van der Waals surface area contributed by atoms with Crippen LogP contribution in [-0.4, -0.2) is 27.4 Å². The SMILES string of the molecule is CS(=O)(=O)c1cccc(NCCCC(F)(F)F)c1N. The van der Waals surface area contributed by atoms with Crippen molar-refractivity contribution < 1.29 is 21.6 Å². The summed E-state index contributed by atoms with van der Waals surface area (Å²) < 4.78 is 58.7. The summed E-state index contributed by atoms with van der Waals surface area (Å²) in [6, 6.07) is 4.36. The fourth-order valence-electron chi connectivity index (χ4n) is 1.53. The second kappa shape index (κ2) is 5.68. The first-order valence-electron chi connectivity index (χ1n) is 5.50. The van der Waals surface area contributed by atoms with Crippen LogP contribution >= 0.6 is 0 Å². The zero-order valence-electron chi connectivity index (χ0n) is 10.3. The van der Waals surface area contributed by atoms with E-state index in [1.165, 1.54) is 18.2 Å². The fraction of sp³-hybridized carbons (Fsp3) is 0.455. The second-order valence-corrected chi connectivity index (χ2v) is 6.12. The molecule has 0 unspecified atom stereocenters. The third kappa shape index (κ3) is 4.98. The van der Waals surface area contributed by atoms with Gasteiger partial charge in [-0.2, -0.15) is 13.2 Å². The molecule has 1 aromatic rings. The van der Waals surface area contributed by atoms with Crippen molar-refractivity contribution in [3.05, 3.63) is 18.2 Å². The number of rotatable bonds is 5. The number of halogens is 3. The van der Waals surface area contributed by atoms with Gasteiger partial charge < -0.3 is 11.1 Å². The van der Waals surface area contributed by atoms with E-state index in [2.05, 4.69) is 5.32 Å². The van der Waals surface area contributed by atoms with Gasteiger partial charge in [0.2, 0.25) is 0 Å². The van der Waals surface area contributed by atoms with Crippen LogP contribution in [0.15, 0.2) is 23.1 Å². The smallest absolute Gasteiger partial charge is 0.389 e. The largest absolute Gasteiger partial charge is 0.396 e. The van der Waals surface area contributed by atoms with Gasteiger partial charge in [0, 0.05) is 19.2 Å². The van der Waals surface area contributed by atoms with Gasteiger partial charge in [-0.05, 0) is 18.6 Å². The lowest BCUT2D eigenvalue weighted by atomic mass is 10.2. The number of sulfone groups is 1. The number of anilines is 2. The Labute approximate surface area is 109 Å². The van der Waals surface area contributed by atoms with E-state index in [1.54, 1.807) is 0 Å². The average molecular weight is 296 g/mol. The maximum atomic E-state index is 11.9. The first-order valence-corrected chi connectivity index (χ1v) is 7.39. The molecule has 0 aliphatic rings. The van der Waals surface area contributed by atoms with Crippen LogP contribution in [0.25, 0.3) is 0 Å². The highest BCUT2D eigenvalue weighted by molar-refractivity contribution is 7.90. The number of benzene rings is 1. The topological polar surface area (TPSA) is 72.2 Å². The summed E-state index contributed by atoms with van der Waals surface area (Å²) in [4.78, 5) is -0.0340. The lowest BCUT2D eigenvalue weighted by Gasteiger charge is -2.12. The van der Waals surface area contributed by atoms with Gasteiger partial charge in [0.1, 0.15) is 0 Å². The molecule has 0 saturated carbocycles. The van der Waals surface area contributed by atoms with Gasteiger partial charge in [0.25, 0.3) is 0 Å². The average Bonchev–Trinajstić information content (AvgIpc) is 2.23. The molecule has 19 heavy (non-hydrogen) atoms. The van der Waals surface area contributed by atoms with Gasteiger partial charge >= 0.3 is 6.18 Å². The molecular formula is C11H15F3N2O2S. The summed E-state index contributed by atoms with van der Waals surface area (Å²) in [5.41, 5.74) is 6.02. The summed E-state index contributed by atoms with van der Waals surface area (Å²) in [6.45, 7) is 0.0664. The molecule has 0 amide bonds. The predicted octanol–water partition coefficient (Wildman–Crippen LogP) is 2.43. The van der Waals surface area contributed by atoms with Gasteiger partial charge in [-0.25, -0.2) is 8.42 Å². The number of nitrogen functional groups attached to an aromatic ring is 1. The minimum absolute atomic E-state index is 0.0250. The fourth-order valence-corrected chi connectivity index (χ4v) is 2.37. The molecule has 3 N–H and O–H groups in total. The molecular weight excluding hydrogens is 281 g/mol. The Hall–Kier alpha value is -1.44. The summed E-state index contributed by atoms with van der Waals surface area (Å²) >= 11 is 0. The van der Waals surface area contributed by atoms with Crippen LogP contribution in [0.2, 0.25) is 0 Å². The van der Waals surface area contributed by atoms with Crippen LogP contribution in [0.1, 0.15) is 12.8 Å². The minimum Gasteiger partial charge on any atom is -0.396 e. The maximum Gasteiger partial charge on any atom is 0.389 e. The summed E-state index contributed by atoms with van der Waals surface area (Å²) in [5.74, 6) is 0.